The average molecular weight is 239 g/mol. The summed E-state index contributed by atoms with van der Waals surface area (Å²) in [4.78, 5) is 3.38. The zero-order valence-electron chi connectivity index (χ0n) is 8.66. The van der Waals surface area contributed by atoms with Crippen LogP contribution in [0.5, 0.6) is 5.75 Å². The van der Waals surface area contributed by atoms with Crippen LogP contribution >= 0.6 is 0 Å². The van der Waals surface area contributed by atoms with Crippen molar-refractivity contribution < 1.29 is 17.9 Å². The third-order valence-corrected chi connectivity index (χ3v) is 2.11. The normalized spacial score (nSPS) is 10.3. The van der Waals surface area contributed by atoms with E-state index in [1.54, 1.807) is 0 Å². The van der Waals surface area contributed by atoms with Crippen molar-refractivity contribution in [2.75, 3.05) is 0 Å². The summed E-state index contributed by atoms with van der Waals surface area (Å²) in [5.41, 5.74) is 0.218. The lowest BCUT2D eigenvalue weighted by Gasteiger charge is -2.06. The maximum Gasteiger partial charge on any atom is 0.213 e. The molecule has 2 aromatic rings. The molecule has 0 bridgehead atoms. The number of hydrogen-bond acceptors (Lipinski definition) is 2. The van der Waals surface area contributed by atoms with Gasteiger partial charge in [-0.1, -0.05) is 0 Å². The van der Waals surface area contributed by atoms with Gasteiger partial charge in [-0.05, 0) is 24.3 Å². The van der Waals surface area contributed by atoms with Crippen LogP contribution in [0.2, 0.25) is 0 Å². The van der Waals surface area contributed by atoms with Gasteiger partial charge >= 0.3 is 0 Å². The summed E-state index contributed by atoms with van der Waals surface area (Å²) in [6.07, 6.45) is 1.19. The summed E-state index contributed by atoms with van der Waals surface area (Å²) in [5.74, 6) is -1.63. The molecule has 1 aromatic carbocycles. The van der Waals surface area contributed by atoms with Gasteiger partial charge in [-0.2, -0.15) is 4.39 Å². The maximum atomic E-state index is 13.2. The van der Waals surface area contributed by atoms with E-state index in [2.05, 4.69) is 4.98 Å². The Bertz CT molecular complexity index is 514. The van der Waals surface area contributed by atoms with Crippen molar-refractivity contribution in [2.45, 2.75) is 6.61 Å². The summed E-state index contributed by atoms with van der Waals surface area (Å²) in [7, 11) is 0. The van der Waals surface area contributed by atoms with E-state index in [0.717, 1.165) is 18.2 Å². The Morgan fingerprint density at radius 1 is 1.06 bits per heavy atom. The van der Waals surface area contributed by atoms with Crippen LogP contribution in [-0.4, -0.2) is 4.98 Å². The van der Waals surface area contributed by atoms with Crippen LogP contribution in [-0.2, 0) is 6.61 Å². The van der Waals surface area contributed by atoms with Gasteiger partial charge in [-0.3, -0.25) is 0 Å². The maximum absolute atomic E-state index is 13.2. The Morgan fingerprint density at radius 3 is 2.53 bits per heavy atom. The smallest absolute Gasteiger partial charge is 0.213 e. The molecular weight excluding hydrogens is 231 g/mol. The third-order valence-electron chi connectivity index (χ3n) is 2.11. The number of rotatable bonds is 3. The van der Waals surface area contributed by atoms with E-state index in [9.17, 15) is 13.2 Å². The fourth-order valence-electron chi connectivity index (χ4n) is 1.25. The first kappa shape index (κ1) is 11.4. The Morgan fingerprint density at radius 2 is 1.88 bits per heavy atom. The Hall–Kier alpha value is -2.04. The molecule has 0 spiro atoms. The molecule has 1 heterocycles. The van der Waals surface area contributed by atoms with Crippen molar-refractivity contribution >= 4 is 0 Å². The third kappa shape index (κ3) is 2.96. The highest BCUT2D eigenvalue weighted by Crippen LogP contribution is 2.14. The highest BCUT2D eigenvalue weighted by atomic mass is 19.1. The van der Waals surface area contributed by atoms with E-state index in [1.165, 1.54) is 18.3 Å². The lowest BCUT2D eigenvalue weighted by molar-refractivity contribution is 0.297. The van der Waals surface area contributed by atoms with Crippen molar-refractivity contribution in [2.24, 2.45) is 0 Å². The van der Waals surface area contributed by atoms with Crippen molar-refractivity contribution in [1.82, 2.24) is 4.98 Å². The fraction of sp³-hybridized carbons (Fsp3) is 0.0833. The molecule has 0 N–H and O–H groups in total. The number of hydrogen-bond donors (Lipinski definition) is 0. The molecule has 0 unspecified atom stereocenters. The molecule has 0 saturated heterocycles. The first-order valence-electron chi connectivity index (χ1n) is 4.83. The van der Waals surface area contributed by atoms with E-state index in [-0.39, 0.29) is 12.2 Å². The summed E-state index contributed by atoms with van der Waals surface area (Å²) in [6, 6.07) is 5.73. The van der Waals surface area contributed by atoms with E-state index in [1.807, 2.05) is 0 Å². The van der Waals surface area contributed by atoms with Crippen LogP contribution in [0, 0.1) is 17.6 Å². The van der Waals surface area contributed by atoms with Gasteiger partial charge in [0.1, 0.15) is 24.0 Å². The Balaban J connectivity index is 2.04. The SMILES string of the molecule is Fc1ccc(COc2ccc(F)nc2)c(F)c1. The van der Waals surface area contributed by atoms with Crippen molar-refractivity contribution in [1.29, 1.82) is 0 Å². The summed E-state index contributed by atoms with van der Waals surface area (Å²) in [5, 5.41) is 0. The molecule has 0 atom stereocenters. The van der Waals surface area contributed by atoms with E-state index >= 15 is 0 Å². The van der Waals surface area contributed by atoms with Crippen LogP contribution in [0.25, 0.3) is 0 Å². The van der Waals surface area contributed by atoms with Gasteiger partial charge < -0.3 is 4.74 Å². The lowest BCUT2D eigenvalue weighted by atomic mass is 10.2. The van der Waals surface area contributed by atoms with Gasteiger partial charge in [0.15, 0.2) is 0 Å². The van der Waals surface area contributed by atoms with Gasteiger partial charge in [0, 0.05) is 11.6 Å². The van der Waals surface area contributed by atoms with Gasteiger partial charge in [0.05, 0.1) is 6.20 Å². The second-order valence-corrected chi connectivity index (χ2v) is 3.34. The van der Waals surface area contributed by atoms with Gasteiger partial charge in [0.25, 0.3) is 0 Å². The van der Waals surface area contributed by atoms with Crippen LogP contribution in [0.15, 0.2) is 36.5 Å². The molecule has 0 amide bonds. The van der Waals surface area contributed by atoms with Crippen molar-refractivity contribution in [3.8, 4) is 5.75 Å². The monoisotopic (exact) mass is 239 g/mol. The van der Waals surface area contributed by atoms with Gasteiger partial charge in [0.2, 0.25) is 5.95 Å². The molecule has 5 heteroatoms. The lowest BCUT2D eigenvalue weighted by Crippen LogP contribution is -1.99. The second kappa shape index (κ2) is 4.86. The number of aromatic nitrogens is 1. The summed E-state index contributed by atoms with van der Waals surface area (Å²) < 4.78 is 43.5. The quantitative estimate of drug-likeness (QED) is 0.768. The Kier molecular flexibility index (Phi) is 3.27. The number of ether oxygens (including phenoxy) is 1. The zero-order chi connectivity index (χ0) is 12.3. The topological polar surface area (TPSA) is 22.1 Å². The fourth-order valence-corrected chi connectivity index (χ4v) is 1.25. The van der Waals surface area contributed by atoms with Crippen molar-refractivity contribution in [3.63, 3.8) is 0 Å². The number of benzene rings is 1. The van der Waals surface area contributed by atoms with Crippen LogP contribution in [0.4, 0.5) is 13.2 Å². The molecule has 88 valence electrons. The van der Waals surface area contributed by atoms with Crippen LogP contribution in [0.1, 0.15) is 5.56 Å². The largest absolute Gasteiger partial charge is 0.487 e. The molecular formula is C12H8F3NO. The second-order valence-electron chi connectivity index (χ2n) is 3.34. The minimum atomic E-state index is -0.680. The molecule has 0 aliphatic rings. The van der Waals surface area contributed by atoms with Crippen LogP contribution in [0.3, 0.4) is 0 Å². The average Bonchev–Trinajstić information content (AvgIpc) is 2.30. The van der Waals surface area contributed by atoms with Crippen LogP contribution < -0.4 is 4.74 Å². The predicted molar refractivity (Wildman–Crippen MR) is 54.9 cm³/mol. The predicted octanol–water partition coefficient (Wildman–Crippen LogP) is 3.08. The molecule has 0 saturated carbocycles. The first-order chi connectivity index (χ1) is 8.15. The minimum absolute atomic E-state index is 0.0700. The molecule has 0 aliphatic carbocycles. The van der Waals surface area contributed by atoms with E-state index in [4.69, 9.17) is 4.74 Å². The summed E-state index contributed by atoms with van der Waals surface area (Å²) >= 11 is 0. The highest BCUT2D eigenvalue weighted by molar-refractivity contribution is 5.20. The molecule has 0 fully saturated rings. The molecule has 17 heavy (non-hydrogen) atoms. The number of nitrogens with zero attached hydrogens (tertiary/aromatic N) is 1. The number of pyridine rings is 1. The first-order valence-corrected chi connectivity index (χ1v) is 4.83. The van der Waals surface area contributed by atoms with E-state index in [0.29, 0.717) is 5.75 Å². The minimum Gasteiger partial charge on any atom is -0.487 e. The highest BCUT2D eigenvalue weighted by Gasteiger charge is 2.04. The standard InChI is InChI=1S/C12H8F3NO/c13-9-2-1-8(11(14)5-9)7-17-10-3-4-12(15)16-6-10/h1-6H,7H2. The molecule has 0 radical (unpaired) electrons. The molecule has 0 aliphatic heterocycles. The Labute approximate surface area is 95.7 Å². The molecule has 2 nitrogen and oxygen atoms in total. The summed E-state index contributed by atoms with van der Waals surface area (Å²) in [6.45, 7) is -0.0700. The van der Waals surface area contributed by atoms with E-state index < -0.39 is 17.6 Å². The van der Waals surface area contributed by atoms with Crippen molar-refractivity contribution in [3.05, 3.63) is 59.7 Å². The number of halogens is 3. The van der Waals surface area contributed by atoms with Gasteiger partial charge in [-0.15, -0.1) is 0 Å². The van der Waals surface area contributed by atoms with Gasteiger partial charge in [-0.25, -0.2) is 13.8 Å². The molecule has 2 rings (SSSR count). The zero-order valence-corrected chi connectivity index (χ0v) is 8.66. The molecule has 1 aromatic heterocycles.